The van der Waals surface area contributed by atoms with Crippen LogP contribution in [0.2, 0.25) is 0 Å². The molecule has 2 amide bonds. The number of halogens is 2. The average Bonchev–Trinajstić information content (AvgIpc) is 1.61. The summed E-state index contributed by atoms with van der Waals surface area (Å²) in [6.07, 6.45) is -5.01. The first-order valence-corrected chi connectivity index (χ1v) is 27.3. The van der Waals surface area contributed by atoms with Crippen molar-refractivity contribution in [1.29, 1.82) is 0 Å². The Hall–Kier alpha value is -6.14. The Bertz CT molecular complexity index is 3210. The number of carboxylic acid groups (broad SMARTS) is 2. The van der Waals surface area contributed by atoms with Gasteiger partial charge in [0.1, 0.15) is 11.6 Å². The Kier molecular flexibility index (Phi) is 32.7. The number of hydrogen-bond donors (Lipinski definition) is 8. The molecule has 0 aliphatic rings. The molecule has 21 heteroatoms. The fraction of sp³-hybridized carbons (Fsp3) is 0.273. The number of carbonyl (C=O) groups excluding carboxylic acids is 2. The second kappa shape index (κ2) is 37.0. The van der Waals surface area contributed by atoms with E-state index in [4.69, 9.17) is 10.2 Å². The van der Waals surface area contributed by atoms with Gasteiger partial charge in [0.2, 0.25) is 0 Å². The van der Waals surface area contributed by atoms with Crippen molar-refractivity contribution in [2.75, 3.05) is 10.6 Å². The zero-order chi connectivity index (χ0) is 59.0. The third kappa shape index (κ3) is 21.0. The molecule has 0 saturated carbocycles. The van der Waals surface area contributed by atoms with Gasteiger partial charge >= 0.3 is 87.4 Å². The molecule has 17 nitrogen and oxygen atoms in total. The van der Waals surface area contributed by atoms with Gasteiger partial charge in [0, 0.05) is 47.0 Å². The van der Waals surface area contributed by atoms with E-state index < -0.39 is 49.2 Å². The molecule has 460 valence electrons. The number of rotatable bonds is 24. The number of nitrogens with zero attached hydrogens (tertiary/aromatic N) is 2. The van der Waals surface area contributed by atoms with Crippen molar-refractivity contribution in [3.05, 3.63) is 204 Å². The van der Waals surface area contributed by atoms with E-state index in [0.717, 1.165) is 22.5 Å². The molecule has 0 fully saturated rings. The minimum atomic E-state index is -1.18. The number of aromatic nitrogens is 2. The topological polar surface area (TPSA) is 318 Å². The van der Waals surface area contributed by atoms with E-state index in [9.17, 15) is 48.4 Å². The van der Waals surface area contributed by atoms with Crippen molar-refractivity contribution in [2.24, 2.45) is 0 Å². The first-order chi connectivity index (χ1) is 39.3. The van der Waals surface area contributed by atoms with Crippen LogP contribution in [0.15, 0.2) is 170 Å². The van der Waals surface area contributed by atoms with Crippen molar-refractivity contribution < 1.29 is 80.7 Å². The number of anilines is 2. The fourth-order valence-corrected chi connectivity index (χ4v) is 10.4. The fourth-order valence-electron chi connectivity index (χ4n) is 10.4. The van der Waals surface area contributed by atoms with Crippen LogP contribution < -0.4 is 10.6 Å². The molecular weight excluding hydrogens is 1170 g/mol. The van der Waals surface area contributed by atoms with E-state index in [1.165, 1.54) is 24.3 Å². The summed E-state index contributed by atoms with van der Waals surface area (Å²) in [4.78, 5) is 50.0. The molecule has 2 aromatic heterocycles. The second-order valence-electron chi connectivity index (χ2n) is 20.8. The molecule has 8 aromatic rings. The maximum absolute atomic E-state index is 14.0. The normalized spacial score (nSPS) is 12.0. The Balaban J connectivity index is -0.00000155. The molecule has 4 unspecified atom stereocenters. The predicted molar refractivity (Wildman–Crippen MR) is 341 cm³/mol. The number of carbonyl (C=O) groups is 4. The molecule has 0 spiro atoms. The smallest absolute Gasteiger partial charge is 1.00 e. The van der Waals surface area contributed by atoms with Crippen LogP contribution in [0, 0.1) is 11.6 Å². The number of carboxylic acids is 2. The number of nitrogens with one attached hydrogen (secondary N) is 2. The van der Waals surface area contributed by atoms with Crippen molar-refractivity contribution in [3.63, 3.8) is 0 Å². The molecule has 4 atom stereocenters. The van der Waals surface area contributed by atoms with Crippen LogP contribution in [-0.4, -0.2) is 180 Å². The van der Waals surface area contributed by atoms with E-state index in [2.05, 4.69) is 10.6 Å². The van der Waals surface area contributed by atoms with E-state index in [0.29, 0.717) is 56.1 Å². The number of amides is 2. The van der Waals surface area contributed by atoms with Gasteiger partial charge in [-0.1, -0.05) is 125 Å². The van der Waals surface area contributed by atoms with Crippen molar-refractivity contribution >= 4 is 111 Å². The Labute approximate surface area is 570 Å². The van der Waals surface area contributed by atoms with Gasteiger partial charge < -0.3 is 72.5 Å². The number of aliphatic carboxylic acids is 2. The van der Waals surface area contributed by atoms with Crippen LogP contribution in [0.3, 0.4) is 0 Å². The van der Waals surface area contributed by atoms with Crippen LogP contribution in [0.25, 0.3) is 44.8 Å². The standard InChI is InChI=1S/2C33H35FN2O5.2Ca.3H2O.4H/c2*1-21(2)31-30(33(41)35-25-11-7-4-8-12-25)29(22-9-5-3-6-10-22)32(23-13-15-24(34)16-14-23)36(31)18-17-26(37)19-27(38)20-28(39)40;;;;;;;;;/h2*3-16,21,26-27,37-38H,17-20H2,1-2H3,(H,35,41)(H,39,40);;;3*1H2;;;;/q;;2*+2;;;;4*-1. The van der Waals surface area contributed by atoms with Gasteiger partial charge in [0.25, 0.3) is 11.8 Å². The van der Waals surface area contributed by atoms with E-state index in [-0.39, 0.29) is 172 Å². The van der Waals surface area contributed by atoms with Crippen molar-refractivity contribution in [1.82, 2.24) is 9.13 Å². The molecule has 2 heterocycles. The molecule has 0 aliphatic carbocycles. The van der Waals surface area contributed by atoms with E-state index >= 15 is 0 Å². The zero-order valence-corrected chi connectivity index (χ0v) is 53.6. The van der Waals surface area contributed by atoms with Crippen molar-refractivity contribution in [3.8, 4) is 44.8 Å². The number of para-hydroxylation sites is 2. The molecule has 8 rings (SSSR count). The Morgan fingerprint density at radius 1 is 0.437 bits per heavy atom. The molecular formula is C66H80Ca2F2N4O13. The van der Waals surface area contributed by atoms with E-state index in [1.54, 1.807) is 24.3 Å². The summed E-state index contributed by atoms with van der Waals surface area (Å²) in [7, 11) is 0. The number of hydrogen-bond acceptors (Lipinski definition) is 8. The van der Waals surface area contributed by atoms with Gasteiger partial charge in [-0.3, -0.25) is 19.2 Å². The van der Waals surface area contributed by atoms with Crippen LogP contribution in [-0.2, 0) is 22.7 Å². The minimum absolute atomic E-state index is 0. The number of aliphatic hydroxyl groups is 4. The molecule has 14 N–H and O–H groups in total. The summed E-state index contributed by atoms with van der Waals surface area (Å²) >= 11 is 0. The number of aliphatic hydroxyl groups excluding tert-OH is 4. The summed E-state index contributed by atoms with van der Waals surface area (Å²) in [5, 5.41) is 65.6. The second-order valence-corrected chi connectivity index (χ2v) is 20.8. The van der Waals surface area contributed by atoms with Gasteiger partial charge in [-0.2, -0.15) is 0 Å². The average molecular weight is 1260 g/mol. The van der Waals surface area contributed by atoms with Crippen LogP contribution >= 0.6 is 0 Å². The molecule has 0 bridgehead atoms. The molecule has 87 heavy (non-hydrogen) atoms. The molecule has 0 radical (unpaired) electrons. The maximum Gasteiger partial charge on any atom is 2.00 e. The van der Waals surface area contributed by atoms with Crippen molar-refractivity contribution in [2.45, 2.75) is 116 Å². The Morgan fingerprint density at radius 2 is 0.724 bits per heavy atom. The van der Waals surface area contributed by atoms with Crippen LogP contribution in [0.4, 0.5) is 20.2 Å². The number of benzene rings is 6. The third-order valence-corrected chi connectivity index (χ3v) is 13.9. The van der Waals surface area contributed by atoms with E-state index in [1.807, 2.05) is 158 Å². The van der Waals surface area contributed by atoms with Gasteiger partial charge in [-0.15, -0.1) is 0 Å². The van der Waals surface area contributed by atoms with Crippen LogP contribution in [0.1, 0.15) is 116 Å². The quantitative estimate of drug-likeness (QED) is 0.0265. The molecule has 0 saturated heterocycles. The third-order valence-electron chi connectivity index (χ3n) is 13.9. The minimum Gasteiger partial charge on any atom is -1.00 e. The monoisotopic (exact) mass is 1250 g/mol. The summed E-state index contributed by atoms with van der Waals surface area (Å²) < 4.78 is 32.0. The van der Waals surface area contributed by atoms with Gasteiger partial charge in [-0.05, 0) is 133 Å². The van der Waals surface area contributed by atoms with Gasteiger partial charge in [-0.25, -0.2) is 8.78 Å². The first kappa shape index (κ1) is 77.0. The summed E-state index contributed by atoms with van der Waals surface area (Å²) in [5.74, 6) is -3.87. The molecule has 0 aliphatic heterocycles. The molecule has 6 aromatic carbocycles. The largest absolute Gasteiger partial charge is 2.00 e. The summed E-state index contributed by atoms with van der Waals surface area (Å²) in [6.45, 7) is 8.50. The predicted octanol–water partition coefficient (Wildman–Crippen LogP) is 9.84. The van der Waals surface area contributed by atoms with Gasteiger partial charge in [0.15, 0.2) is 0 Å². The first-order valence-electron chi connectivity index (χ1n) is 27.3. The Morgan fingerprint density at radius 3 is 1.00 bits per heavy atom. The summed E-state index contributed by atoms with van der Waals surface area (Å²) in [5.41, 5.74) is 9.55. The summed E-state index contributed by atoms with van der Waals surface area (Å²) in [6, 6.07) is 49.6. The maximum atomic E-state index is 14.0. The van der Waals surface area contributed by atoms with Gasteiger partial charge in [0.05, 0.1) is 59.8 Å². The zero-order valence-electron chi connectivity index (χ0n) is 53.2. The van der Waals surface area contributed by atoms with Crippen LogP contribution in [0.5, 0.6) is 0 Å². The SMILES string of the molecule is CC(C)c1c(C(=O)Nc2ccccc2)c(-c2ccccc2)c(-c2ccc(F)cc2)n1CCC(O)CC(O)CC(=O)O.CC(C)c1c(C(=O)Nc2ccccc2)c(-c2ccccc2)c(-c2ccc(F)cc2)n1CCC(O)CC(O)CC(=O)O.O.O.O.[Ca+2].[Ca+2].[H-].[H-].[H-].[H-].